The number of hydrogen-bond donors (Lipinski definition) is 0. The molecule has 1 aliphatic heterocycles. The van der Waals surface area contributed by atoms with Gasteiger partial charge >= 0.3 is 0 Å². The van der Waals surface area contributed by atoms with E-state index in [9.17, 15) is 4.79 Å². The summed E-state index contributed by atoms with van der Waals surface area (Å²) in [7, 11) is 1.60. The third kappa shape index (κ3) is 2.64. The predicted molar refractivity (Wildman–Crippen MR) is 70.1 cm³/mol. The van der Waals surface area contributed by atoms with Gasteiger partial charge in [0.05, 0.1) is 25.3 Å². The van der Waals surface area contributed by atoms with Crippen molar-refractivity contribution in [3.05, 3.63) is 23.8 Å². The molecule has 0 N–H and O–H groups in total. The van der Waals surface area contributed by atoms with Crippen LogP contribution in [0.1, 0.15) is 18.9 Å². The van der Waals surface area contributed by atoms with Gasteiger partial charge in [-0.25, -0.2) is 0 Å². The number of benzene rings is 1. The van der Waals surface area contributed by atoms with E-state index < -0.39 is 0 Å². The Morgan fingerprint density at radius 2 is 2.33 bits per heavy atom. The average Bonchev–Trinajstić information content (AvgIpc) is 2.34. The molecule has 1 heterocycles. The van der Waals surface area contributed by atoms with Crippen LogP contribution in [0.15, 0.2) is 18.2 Å². The summed E-state index contributed by atoms with van der Waals surface area (Å²) >= 11 is 0. The standard InChI is InChI=1S/C14H19NO3/c1-10-4-5-12-13(8-10)18-11(2)9-15(12)14(16)6-7-17-3/h4-5,8,11H,6-7,9H2,1-3H3. The van der Waals surface area contributed by atoms with Crippen LogP contribution in [-0.4, -0.2) is 32.3 Å². The second kappa shape index (κ2) is 5.40. The zero-order valence-corrected chi connectivity index (χ0v) is 11.1. The molecule has 0 spiro atoms. The van der Waals surface area contributed by atoms with Crippen LogP contribution in [0.5, 0.6) is 5.75 Å². The first-order valence-corrected chi connectivity index (χ1v) is 6.18. The summed E-state index contributed by atoms with van der Waals surface area (Å²) in [5, 5.41) is 0. The van der Waals surface area contributed by atoms with Crippen LogP contribution in [0.2, 0.25) is 0 Å². The van der Waals surface area contributed by atoms with Crippen molar-refractivity contribution in [2.75, 3.05) is 25.2 Å². The van der Waals surface area contributed by atoms with Crippen molar-refractivity contribution < 1.29 is 14.3 Å². The largest absolute Gasteiger partial charge is 0.487 e. The third-order valence-electron chi connectivity index (χ3n) is 3.00. The van der Waals surface area contributed by atoms with Gasteiger partial charge in [-0.2, -0.15) is 0 Å². The van der Waals surface area contributed by atoms with E-state index >= 15 is 0 Å². The molecular weight excluding hydrogens is 230 g/mol. The lowest BCUT2D eigenvalue weighted by molar-refractivity contribution is -0.119. The smallest absolute Gasteiger partial charge is 0.229 e. The fourth-order valence-electron chi connectivity index (χ4n) is 2.11. The van der Waals surface area contributed by atoms with E-state index in [0.29, 0.717) is 19.6 Å². The minimum absolute atomic E-state index is 0.0193. The van der Waals surface area contributed by atoms with E-state index in [4.69, 9.17) is 9.47 Å². The molecule has 0 aromatic heterocycles. The minimum atomic E-state index is 0.0193. The maximum atomic E-state index is 12.1. The Morgan fingerprint density at radius 3 is 3.06 bits per heavy atom. The Morgan fingerprint density at radius 1 is 1.56 bits per heavy atom. The highest BCUT2D eigenvalue weighted by molar-refractivity contribution is 5.95. The number of nitrogens with zero attached hydrogens (tertiary/aromatic N) is 1. The number of fused-ring (bicyclic) bond motifs is 1. The molecule has 1 amide bonds. The molecule has 1 aromatic rings. The zero-order valence-electron chi connectivity index (χ0n) is 11.1. The van der Waals surface area contributed by atoms with E-state index in [0.717, 1.165) is 17.0 Å². The molecule has 1 aromatic carbocycles. The van der Waals surface area contributed by atoms with Crippen LogP contribution in [0.4, 0.5) is 5.69 Å². The second-order valence-corrected chi connectivity index (χ2v) is 4.65. The van der Waals surface area contributed by atoms with Crippen LogP contribution in [0, 0.1) is 6.92 Å². The van der Waals surface area contributed by atoms with E-state index in [1.807, 2.05) is 32.0 Å². The molecular formula is C14H19NO3. The summed E-state index contributed by atoms with van der Waals surface area (Å²) < 4.78 is 10.7. The van der Waals surface area contributed by atoms with Crippen LogP contribution >= 0.6 is 0 Å². The summed E-state index contributed by atoms with van der Waals surface area (Å²) in [5.41, 5.74) is 1.99. The van der Waals surface area contributed by atoms with Gasteiger partial charge in [-0.15, -0.1) is 0 Å². The summed E-state index contributed by atoms with van der Waals surface area (Å²) in [6, 6.07) is 5.91. The van der Waals surface area contributed by atoms with Crippen molar-refractivity contribution in [3.8, 4) is 5.75 Å². The first-order valence-electron chi connectivity index (χ1n) is 6.18. The Hall–Kier alpha value is -1.55. The van der Waals surface area contributed by atoms with Crippen molar-refractivity contribution in [3.63, 3.8) is 0 Å². The van der Waals surface area contributed by atoms with Crippen molar-refractivity contribution >= 4 is 11.6 Å². The Labute approximate surface area is 107 Å². The Balaban J connectivity index is 2.25. The van der Waals surface area contributed by atoms with E-state index in [1.54, 1.807) is 12.0 Å². The van der Waals surface area contributed by atoms with Gasteiger partial charge in [0.15, 0.2) is 0 Å². The Bertz CT molecular complexity index is 445. The molecule has 0 saturated heterocycles. The topological polar surface area (TPSA) is 38.8 Å². The molecule has 4 heteroatoms. The van der Waals surface area contributed by atoms with Crippen molar-refractivity contribution in [2.45, 2.75) is 26.4 Å². The van der Waals surface area contributed by atoms with Gasteiger partial charge in [-0.3, -0.25) is 4.79 Å². The van der Waals surface area contributed by atoms with Gasteiger partial charge < -0.3 is 14.4 Å². The van der Waals surface area contributed by atoms with Gasteiger partial charge in [0.2, 0.25) is 5.91 Å². The van der Waals surface area contributed by atoms with Gasteiger partial charge in [0.1, 0.15) is 11.9 Å². The highest BCUT2D eigenvalue weighted by Gasteiger charge is 2.27. The van der Waals surface area contributed by atoms with Gasteiger partial charge in [-0.1, -0.05) is 6.07 Å². The van der Waals surface area contributed by atoms with Crippen LogP contribution in [-0.2, 0) is 9.53 Å². The second-order valence-electron chi connectivity index (χ2n) is 4.65. The van der Waals surface area contributed by atoms with Crippen molar-refractivity contribution in [1.82, 2.24) is 0 Å². The first-order chi connectivity index (χ1) is 8.61. The predicted octanol–water partition coefficient (Wildman–Crippen LogP) is 2.15. The van der Waals surface area contributed by atoms with Gasteiger partial charge in [0, 0.05) is 7.11 Å². The molecule has 0 aliphatic carbocycles. The van der Waals surface area contributed by atoms with E-state index in [-0.39, 0.29) is 12.0 Å². The number of carbonyl (C=O) groups excluding carboxylic acids is 1. The SMILES string of the molecule is COCCC(=O)N1CC(C)Oc2cc(C)ccc21. The first kappa shape index (κ1) is 12.9. The quantitative estimate of drug-likeness (QED) is 0.824. The molecule has 1 unspecified atom stereocenters. The molecule has 1 atom stereocenters. The molecule has 0 saturated carbocycles. The van der Waals surface area contributed by atoms with Crippen molar-refractivity contribution in [1.29, 1.82) is 0 Å². The number of carbonyl (C=O) groups is 1. The number of anilines is 1. The van der Waals surface area contributed by atoms with Gasteiger partial charge in [0.25, 0.3) is 0 Å². The molecule has 0 radical (unpaired) electrons. The lowest BCUT2D eigenvalue weighted by Crippen LogP contribution is -2.42. The number of ether oxygens (including phenoxy) is 2. The summed E-state index contributed by atoms with van der Waals surface area (Å²) in [6.07, 6.45) is 0.419. The molecule has 98 valence electrons. The van der Waals surface area contributed by atoms with E-state index in [2.05, 4.69) is 0 Å². The van der Waals surface area contributed by atoms with Crippen molar-refractivity contribution in [2.24, 2.45) is 0 Å². The number of rotatable bonds is 3. The molecule has 1 aliphatic rings. The maximum absolute atomic E-state index is 12.1. The monoisotopic (exact) mass is 249 g/mol. The summed E-state index contributed by atoms with van der Waals surface area (Å²) in [4.78, 5) is 13.9. The number of amides is 1. The highest BCUT2D eigenvalue weighted by atomic mass is 16.5. The molecule has 18 heavy (non-hydrogen) atoms. The number of aryl methyl sites for hydroxylation is 1. The van der Waals surface area contributed by atoms with Crippen LogP contribution in [0.3, 0.4) is 0 Å². The highest BCUT2D eigenvalue weighted by Crippen LogP contribution is 2.34. The maximum Gasteiger partial charge on any atom is 0.229 e. The minimum Gasteiger partial charge on any atom is -0.487 e. The lowest BCUT2D eigenvalue weighted by atomic mass is 10.1. The molecule has 2 rings (SSSR count). The normalized spacial score (nSPS) is 18.2. The number of hydrogen-bond acceptors (Lipinski definition) is 3. The van der Waals surface area contributed by atoms with E-state index in [1.165, 1.54) is 0 Å². The Kier molecular flexibility index (Phi) is 3.87. The molecule has 0 fully saturated rings. The number of methoxy groups -OCH3 is 1. The average molecular weight is 249 g/mol. The lowest BCUT2D eigenvalue weighted by Gasteiger charge is -2.33. The fourth-order valence-corrected chi connectivity index (χ4v) is 2.11. The van der Waals surface area contributed by atoms with Crippen LogP contribution in [0.25, 0.3) is 0 Å². The van der Waals surface area contributed by atoms with Gasteiger partial charge in [-0.05, 0) is 31.5 Å². The fraction of sp³-hybridized carbons (Fsp3) is 0.500. The summed E-state index contributed by atoms with van der Waals surface area (Å²) in [6.45, 7) is 5.03. The molecule has 4 nitrogen and oxygen atoms in total. The third-order valence-corrected chi connectivity index (χ3v) is 3.00. The molecule has 0 bridgehead atoms. The van der Waals surface area contributed by atoms with Crippen LogP contribution < -0.4 is 9.64 Å². The zero-order chi connectivity index (χ0) is 13.1. The summed E-state index contributed by atoms with van der Waals surface area (Å²) in [5.74, 6) is 0.872.